The molecule has 0 aliphatic rings. The lowest BCUT2D eigenvalue weighted by Gasteiger charge is -2.17. The fourth-order valence-electron chi connectivity index (χ4n) is 2.19. The van der Waals surface area contributed by atoms with Crippen LogP contribution in [0.2, 0.25) is 5.02 Å². The van der Waals surface area contributed by atoms with Gasteiger partial charge in [-0.2, -0.15) is 0 Å². The molecular formula is C16H19ClN2OS. The standard InChI is InChI=1S/C16H19ClN2OS/c1-9(2)14(10(3)4)18-19-16(20)15-13(17)11-7-5-6-8-12(11)21-15/h5-9,18H,1-4H3,(H,19,20). The highest BCUT2D eigenvalue weighted by Gasteiger charge is 2.17. The molecule has 0 radical (unpaired) electrons. The molecule has 0 atom stereocenters. The van der Waals surface area contributed by atoms with E-state index in [9.17, 15) is 4.79 Å². The van der Waals surface area contributed by atoms with Crippen LogP contribution >= 0.6 is 22.9 Å². The van der Waals surface area contributed by atoms with Gasteiger partial charge >= 0.3 is 0 Å². The number of fused-ring (bicyclic) bond motifs is 1. The number of nitrogens with one attached hydrogen (secondary N) is 2. The highest BCUT2D eigenvalue weighted by atomic mass is 35.5. The van der Waals surface area contributed by atoms with Crippen LogP contribution in [0.4, 0.5) is 0 Å². The van der Waals surface area contributed by atoms with Crippen molar-refractivity contribution in [3.8, 4) is 0 Å². The van der Waals surface area contributed by atoms with Crippen LogP contribution in [0.25, 0.3) is 10.1 Å². The number of allylic oxidation sites excluding steroid dienone is 2. The first-order chi connectivity index (χ1) is 9.91. The van der Waals surface area contributed by atoms with Gasteiger partial charge in [-0.3, -0.25) is 10.2 Å². The molecule has 0 unspecified atom stereocenters. The SMILES string of the molecule is CC(C)=C(NNC(=O)c1sc2ccccc2c1Cl)C(C)C. The number of hydrogen-bond donors (Lipinski definition) is 2. The summed E-state index contributed by atoms with van der Waals surface area (Å²) in [5.74, 6) is 0.105. The molecule has 1 aromatic heterocycles. The Morgan fingerprint density at radius 1 is 1.19 bits per heavy atom. The minimum Gasteiger partial charge on any atom is -0.302 e. The third kappa shape index (κ3) is 3.39. The van der Waals surface area contributed by atoms with Gasteiger partial charge in [-0.1, -0.05) is 49.2 Å². The monoisotopic (exact) mass is 322 g/mol. The summed E-state index contributed by atoms with van der Waals surface area (Å²) in [6, 6.07) is 7.75. The number of thiophene rings is 1. The Bertz CT molecular complexity index is 699. The van der Waals surface area contributed by atoms with Crippen LogP contribution in [0, 0.1) is 5.92 Å². The molecule has 21 heavy (non-hydrogen) atoms. The van der Waals surface area contributed by atoms with Gasteiger partial charge in [0.15, 0.2) is 0 Å². The second-order valence-electron chi connectivity index (χ2n) is 5.39. The number of amides is 1. The van der Waals surface area contributed by atoms with Gasteiger partial charge in [-0.15, -0.1) is 11.3 Å². The highest BCUT2D eigenvalue weighted by Crippen LogP contribution is 2.34. The van der Waals surface area contributed by atoms with Gasteiger partial charge in [-0.05, 0) is 25.8 Å². The first kappa shape index (κ1) is 15.9. The normalized spacial score (nSPS) is 10.8. The number of rotatable bonds is 4. The van der Waals surface area contributed by atoms with Gasteiger partial charge in [0.2, 0.25) is 0 Å². The van der Waals surface area contributed by atoms with Gasteiger partial charge in [0, 0.05) is 15.8 Å². The average Bonchev–Trinajstić information content (AvgIpc) is 2.76. The summed E-state index contributed by atoms with van der Waals surface area (Å²) < 4.78 is 1.01. The molecule has 0 saturated carbocycles. The molecule has 1 heterocycles. The molecular weight excluding hydrogens is 304 g/mol. The second kappa shape index (κ2) is 6.50. The van der Waals surface area contributed by atoms with E-state index in [0.29, 0.717) is 15.8 Å². The van der Waals surface area contributed by atoms with Gasteiger partial charge in [0.05, 0.1) is 5.02 Å². The summed E-state index contributed by atoms with van der Waals surface area (Å²) in [4.78, 5) is 12.8. The lowest BCUT2D eigenvalue weighted by atomic mass is 10.1. The zero-order valence-corrected chi connectivity index (χ0v) is 14.2. The maximum Gasteiger partial charge on any atom is 0.281 e. The fraction of sp³-hybridized carbons (Fsp3) is 0.312. The molecule has 3 nitrogen and oxygen atoms in total. The third-order valence-corrected chi connectivity index (χ3v) is 4.84. The number of benzene rings is 1. The molecule has 0 aliphatic heterocycles. The van der Waals surface area contributed by atoms with Gasteiger partial charge in [0.1, 0.15) is 4.88 Å². The largest absolute Gasteiger partial charge is 0.302 e. The molecule has 112 valence electrons. The number of halogens is 1. The zero-order chi connectivity index (χ0) is 15.6. The molecule has 0 spiro atoms. The maximum absolute atomic E-state index is 12.3. The van der Waals surface area contributed by atoms with E-state index in [-0.39, 0.29) is 5.91 Å². The van der Waals surface area contributed by atoms with E-state index in [2.05, 4.69) is 24.7 Å². The van der Waals surface area contributed by atoms with Crippen LogP contribution < -0.4 is 10.9 Å². The van der Waals surface area contributed by atoms with Crippen LogP contribution in [0.5, 0.6) is 0 Å². The number of hydrazine groups is 1. The van der Waals surface area contributed by atoms with Crippen molar-refractivity contribution in [3.63, 3.8) is 0 Å². The van der Waals surface area contributed by atoms with E-state index in [1.165, 1.54) is 11.3 Å². The van der Waals surface area contributed by atoms with Crippen LogP contribution in [0.3, 0.4) is 0 Å². The molecule has 1 aromatic carbocycles. The van der Waals surface area contributed by atoms with Gasteiger partial charge < -0.3 is 5.43 Å². The Kier molecular flexibility index (Phi) is 4.91. The van der Waals surface area contributed by atoms with Crippen molar-refractivity contribution in [2.24, 2.45) is 5.92 Å². The molecule has 2 aromatic rings. The molecule has 0 bridgehead atoms. The maximum atomic E-state index is 12.3. The van der Waals surface area contributed by atoms with Crippen LogP contribution in [0.15, 0.2) is 35.5 Å². The minimum atomic E-state index is -0.208. The van der Waals surface area contributed by atoms with Crippen molar-refractivity contribution in [1.82, 2.24) is 10.9 Å². The Morgan fingerprint density at radius 3 is 2.43 bits per heavy atom. The predicted octanol–water partition coefficient (Wildman–Crippen LogP) is 4.74. The summed E-state index contributed by atoms with van der Waals surface area (Å²) >= 11 is 7.70. The quantitative estimate of drug-likeness (QED) is 0.798. The van der Waals surface area contributed by atoms with Crippen molar-refractivity contribution < 1.29 is 4.79 Å². The fourth-order valence-corrected chi connectivity index (χ4v) is 3.60. The van der Waals surface area contributed by atoms with Gasteiger partial charge in [0.25, 0.3) is 5.91 Å². The van der Waals surface area contributed by atoms with Crippen molar-refractivity contribution in [3.05, 3.63) is 45.4 Å². The van der Waals surface area contributed by atoms with Crippen LogP contribution in [-0.2, 0) is 0 Å². The Balaban J connectivity index is 2.20. The smallest absolute Gasteiger partial charge is 0.281 e. The zero-order valence-electron chi connectivity index (χ0n) is 12.6. The summed E-state index contributed by atoms with van der Waals surface area (Å²) in [5.41, 5.74) is 7.92. The minimum absolute atomic E-state index is 0.208. The van der Waals surface area contributed by atoms with E-state index in [1.807, 2.05) is 38.1 Å². The van der Waals surface area contributed by atoms with Crippen molar-refractivity contribution >= 4 is 38.9 Å². The third-order valence-electron chi connectivity index (χ3n) is 3.17. The summed E-state index contributed by atoms with van der Waals surface area (Å²) in [6.45, 7) is 8.18. The molecule has 0 fully saturated rings. The van der Waals surface area contributed by atoms with Crippen LogP contribution in [-0.4, -0.2) is 5.91 Å². The summed E-state index contributed by atoms with van der Waals surface area (Å²) in [5, 5.41) is 1.43. The molecule has 2 N–H and O–H groups in total. The van der Waals surface area contributed by atoms with E-state index < -0.39 is 0 Å². The van der Waals surface area contributed by atoms with Crippen molar-refractivity contribution in [1.29, 1.82) is 0 Å². The molecule has 2 rings (SSSR count). The molecule has 5 heteroatoms. The number of carbonyl (C=O) groups is 1. The molecule has 1 amide bonds. The van der Waals surface area contributed by atoms with E-state index in [0.717, 1.165) is 21.4 Å². The second-order valence-corrected chi connectivity index (χ2v) is 6.82. The van der Waals surface area contributed by atoms with E-state index >= 15 is 0 Å². The summed E-state index contributed by atoms with van der Waals surface area (Å²) in [7, 11) is 0. The molecule has 0 saturated heterocycles. The van der Waals surface area contributed by atoms with Gasteiger partial charge in [-0.25, -0.2) is 0 Å². The number of carbonyl (C=O) groups excluding carboxylic acids is 1. The lowest BCUT2D eigenvalue weighted by Crippen LogP contribution is -2.38. The number of hydrogen-bond acceptors (Lipinski definition) is 3. The van der Waals surface area contributed by atoms with E-state index in [1.54, 1.807) is 0 Å². The Labute approximate surface area is 134 Å². The average molecular weight is 323 g/mol. The first-order valence-corrected chi connectivity index (χ1v) is 8.02. The first-order valence-electron chi connectivity index (χ1n) is 6.82. The topological polar surface area (TPSA) is 41.1 Å². The molecule has 0 aliphatic carbocycles. The van der Waals surface area contributed by atoms with Crippen molar-refractivity contribution in [2.75, 3.05) is 0 Å². The van der Waals surface area contributed by atoms with E-state index in [4.69, 9.17) is 11.6 Å². The highest BCUT2D eigenvalue weighted by molar-refractivity contribution is 7.21. The lowest BCUT2D eigenvalue weighted by molar-refractivity contribution is 0.0941. The summed E-state index contributed by atoms with van der Waals surface area (Å²) in [6.07, 6.45) is 0. The predicted molar refractivity (Wildman–Crippen MR) is 90.6 cm³/mol. The Hall–Kier alpha value is -1.52. The van der Waals surface area contributed by atoms with Crippen molar-refractivity contribution in [2.45, 2.75) is 27.7 Å². The Morgan fingerprint density at radius 2 is 1.86 bits per heavy atom. The van der Waals surface area contributed by atoms with Crippen LogP contribution in [0.1, 0.15) is 37.4 Å².